The number of amides is 1. The molecule has 1 aliphatic rings. The summed E-state index contributed by atoms with van der Waals surface area (Å²) < 4.78 is 15.3. The molecular formula is C34H36N4O6S. The lowest BCUT2D eigenvalue weighted by atomic mass is 9.93. The molecule has 0 spiro atoms. The van der Waals surface area contributed by atoms with Crippen molar-refractivity contribution in [2.24, 2.45) is 4.99 Å². The molecule has 4 aromatic rings. The quantitative estimate of drug-likeness (QED) is 0.297. The van der Waals surface area contributed by atoms with Crippen LogP contribution < -0.4 is 24.4 Å². The number of ether oxygens (including phenoxy) is 2. The Morgan fingerprint density at radius 1 is 1.02 bits per heavy atom. The summed E-state index contributed by atoms with van der Waals surface area (Å²) in [6, 6.07) is 13.2. The van der Waals surface area contributed by atoms with E-state index >= 15 is 0 Å². The van der Waals surface area contributed by atoms with Gasteiger partial charge in [0.05, 0.1) is 35.6 Å². The summed E-state index contributed by atoms with van der Waals surface area (Å²) in [6.45, 7) is 10.6. The van der Waals surface area contributed by atoms with Crippen LogP contribution in [-0.4, -0.2) is 58.3 Å². The molecule has 45 heavy (non-hydrogen) atoms. The Bertz CT molecular complexity index is 2010. The number of aryl methyl sites for hydroxylation is 1. The fourth-order valence-corrected chi connectivity index (χ4v) is 6.89. The second-order valence-corrected chi connectivity index (χ2v) is 11.7. The number of aromatic carboxylic acids is 1. The van der Waals surface area contributed by atoms with E-state index in [9.17, 15) is 19.5 Å². The second kappa shape index (κ2) is 12.6. The molecule has 11 heteroatoms. The Morgan fingerprint density at radius 3 is 2.31 bits per heavy atom. The van der Waals surface area contributed by atoms with Gasteiger partial charge in [0.2, 0.25) is 0 Å². The molecule has 10 nitrogen and oxygen atoms in total. The highest BCUT2D eigenvalue weighted by atomic mass is 32.1. The number of hydrogen-bond donors (Lipinski definition) is 1. The number of thiazole rings is 1. The zero-order chi connectivity index (χ0) is 32.6. The van der Waals surface area contributed by atoms with Crippen LogP contribution in [0.25, 0.3) is 11.8 Å². The van der Waals surface area contributed by atoms with Crippen molar-refractivity contribution in [1.82, 2.24) is 14.0 Å². The van der Waals surface area contributed by atoms with E-state index in [0.29, 0.717) is 50.8 Å². The van der Waals surface area contributed by atoms with Crippen molar-refractivity contribution in [3.63, 3.8) is 0 Å². The zero-order valence-corrected chi connectivity index (χ0v) is 27.2. The molecule has 0 aliphatic carbocycles. The minimum atomic E-state index is -0.986. The van der Waals surface area contributed by atoms with Gasteiger partial charge in [0.15, 0.2) is 4.80 Å². The molecule has 234 valence electrons. The highest BCUT2D eigenvalue weighted by molar-refractivity contribution is 7.07. The van der Waals surface area contributed by atoms with Gasteiger partial charge in [-0.2, -0.15) is 0 Å². The standard InChI is InChI=1S/C34H36N4O6S/c1-8-36(9-2)32(40)29-20(4)35-34-38(30(29)26-18-25(43-6)14-15-27(26)44-7)31(39)28(45-34)17-23-16-19(3)37(21(23)5)24-12-10-22(11-13-24)33(41)42/h10-18,30H,8-9H2,1-7H3,(H,41,42)/b28-17+/t30-/m1/s1. The van der Waals surface area contributed by atoms with Crippen LogP contribution in [-0.2, 0) is 4.79 Å². The topological polar surface area (TPSA) is 115 Å². The number of carbonyl (C=O) groups is 2. The molecule has 0 radical (unpaired) electrons. The summed E-state index contributed by atoms with van der Waals surface area (Å²) in [7, 11) is 3.12. The number of carboxylic acids is 1. The van der Waals surface area contributed by atoms with E-state index in [1.807, 2.05) is 44.4 Å². The molecule has 2 aromatic carbocycles. The Labute approximate surface area is 264 Å². The largest absolute Gasteiger partial charge is 0.497 e. The number of methoxy groups -OCH3 is 2. The predicted octanol–water partition coefficient (Wildman–Crippen LogP) is 4.23. The lowest BCUT2D eigenvalue weighted by molar-refractivity contribution is -0.127. The minimum absolute atomic E-state index is 0.192. The van der Waals surface area contributed by atoms with Crippen molar-refractivity contribution in [3.05, 3.63) is 108 Å². The maximum Gasteiger partial charge on any atom is 0.335 e. The second-order valence-electron chi connectivity index (χ2n) is 10.7. The third-order valence-corrected chi connectivity index (χ3v) is 9.15. The molecular weight excluding hydrogens is 592 g/mol. The van der Waals surface area contributed by atoms with Crippen LogP contribution in [0.15, 0.2) is 69.6 Å². The van der Waals surface area contributed by atoms with Crippen LogP contribution in [0, 0.1) is 13.8 Å². The average molecular weight is 629 g/mol. The number of hydrogen-bond acceptors (Lipinski definition) is 7. The molecule has 1 amide bonds. The van der Waals surface area contributed by atoms with Crippen LogP contribution >= 0.6 is 11.3 Å². The summed E-state index contributed by atoms with van der Waals surface area (Å²) in [5.74, 6) is -0.0862. The number of aromatic nitrogens is 2. The number of carbonyl (C=O) groups excluding carboxylic acids is 1. The zero-order valence-electron chi connectivity index (χ0n) is 26.4. The molecule has 0 unspecified atom stereocenters. The highest BCUT2D eigenvalue weighted by Crippen LogP contribution is 2.38. The highest BCUT2D eigenvalue weighted by Gasteiger charge is 2.36. The molecule has 5 rings (SSSR count). The molecule has 3 heterocycles. The van der Waals surface area contributed by atoms with Gasteiger partial charge < -0.3 is 24.0 Å². The number of fused-ring (bicyclic) bond motifs is 1. The number of allylic oxidation sites excluding steroid dienone is 1. The first-order chi connectivity index (χ1) is 21.5. The van der Waals surface area contributed by atoms with E-state index in [1.54, 1.807) is 73.1 Å². The number of carboxylic acid groups (broad SMARTS) is 1. The molecule has 0 saturated carbocycles. The molecule has 1 aliphatic heterocycles. The predicted molar refractivity (Wildman–Crippen MR) is 173 cm³/mol. The van der Waals surface area contributed by atoms with Crippen molar-refractivity contribution in [3.8, 4) is 17.2 Å². The van der Waals surface area contributed by atoms with Gasteiger partial charge in [-0.3, -0.25) is 14.2 Å². The normalized spacial score (nSPS) is 14.6. The van der Waals surface area contributed by atoms with Gasteiger partial charge in [-0.05, 0) is 94.8 Å². The van der Waals surface area contributed by atoms with Crippen molar-refractivity contribution in [2.75, 3.05) is 27.3 Å². The van der Waals surface area contributed by atoms with E-state index in [0.717, 1.165) is 22.6 Å². The molecule has 0 bridgehead atoms. The maximum absolute atomic E-state index is 14.3. The number of nitrogens with zero attached hydrogens (tertiary/aromatic N) is 4. The van der Waals surface area contributed by atoms with Crippen molar-refractivity contribution in [1.29, 1.82) is 0 Å². The smallest absolute Gasteiger partial charge is 0.335 e. The molecule has 2 aromatic heterocycles. The van der Waals surface area contributed by atoms with Crippen LogP contribution in [0.1, 0.15) is 59.7 Å². The van der Waals surface area contributed by atoms with E-state index in [2.05, 4.69) is 0 Å². The van der Waals surface area contributed by atoms with Gasteiger partial charge in [-0.15, -0.1) is 0 Å². The van der Waals surface area contributed by atoms with Gasteiger partial charge in [0.25, 0.3) is 11.5 Å². The fraction of sp³-hybridized carbons (Fsp3) is 0.294. The van der Waals surface area contributed by atoms with Crippen LogP contribution in [0.3, 0.4) is 0 Å². The monoisotopic (exact) mass is 628 g/mol. The first kappa shape index (κ1) is 31.5. The fourth-order valence-electron chi connectivity index (χ4n) is 5.85. The van der Waals surface area contributed by atoms with Crippen molar-refractivity contribution < 1.29 is 24.2 Å². The molecule has 1 atom stereocenters. The van der Waals surface area contributed by atoms with Gasteiger partial charge in [0.1, 0.15) is 17.5 Å². The average Bonchev–Trinajstić information content (AvgIpc) is 3.49. The summed E-state index contributed by atoms with van der Waals surface area (Å²) >= 11 is 1.26. The van der Waals surface area contributed by atoms with Crippen LogP contribution in [0.5, 0.6) is 11.5 Å². The lowest BCUT2D eigenvalue weighted by Crippen LogP contribution is -2.43. The van der Waals surface area contributed by atoms with Gasteiger partial charge in [-0.1, -0.05) is 11.3 Å². The third-order valence-electron chi connectivity index (χ3n) is 8.16. The lowest BCUT2D eigenvalue weighted by Gasteiger charge is -2.30. The van der Waals surface area contributed by atoms with Crippen LogP contribution in [0.2, 0.25) is 0 Å². The maximum atomic E-state index is 14.3. The van der Waals surface area contributed by atoms with Gasteiger partial charge >= 0.3 is 5.97 Å². The van der Waals surface area contributed by atoms with E-state index < -0.39 is 12.0 Å². The van der Waals surface area contributed by atoms with Crippen molar-refractivity contribution >= 4 is 29.3 Å². The Balaban J connectivity index is 1.72. The first-order valence-corrected chi connectivity index (χ1v) is 15.4. The molecule has 0 saturated heterocycles. The Kier molecular flexibility index (Phi) is 8.83. The summed E-state index contributed by atoms with van der Waals surface area (Å²) in [6.07, 6.45) is 1.85. The molecule has 1 N–H and O–H groups in total. The van der Waals surface area contributed by atoms with E-state index in [4.69, 9.17) is 14.5 Å². The van der Waals surface area contributed by atoms with Gasteiger partial charge in [0, 0.05) is 35.7 Å². The van der Waals surface area contributed by atoms with E-state index in [1.165, 1.54) is 11.3 Å². The molecule has 0 fully saturated rings. The third kappa shape index (κ3) is 5.59. The Morgan fingerprint density at radius 2 is 1.71 bits per heavy atom. The number of benzene rings is 2. The van der Waals surface area contributed by atoms with Gasteiger partial charge in [-0.25, -0.2) is 9.79 Å². The summed E-state index contributed by atoms with van der Waals surface area (Å²) in [4.78, 5) is 46.6. The Hall–Kier alpha value is -4.90. The number of rotatable bonds is 9. The minimum Gasteiger partial charge on any atom is -0.497 e. The van der Waals surface area contributed by atoms with Crippen LogP contribution in [0.4, 0.5) is 0 Å². The van der Waals surface area contributed by atoms with Crippen molar-refractivity contribution in [2.45, 2.75) is 40.7 Å². The summed E-state index contributed by atoms with van der Waals surface area (Å²) in [5, 5.41) is 9.29. The number of likely N-dealkylation sites (N-methyl/N-ethyl adjacent to an activating group) is 1. The SMILES string of the molecule is CCN(CC)C(=O)C1=C(C)N=c2s/c(=C/c3cc(C)n(-c4ccc(C(=O)O)cc4)c3C)c(=O)n2[C@@H]1c1cc(OC)ccc1OC. The summed E-state index contributed by atoms with van der Waals surface area (Å²) in [5.41, 5.74) is 4.97. The first-order valence-electron chi connectivity index (χ1n) is 14.6. The van der Waals surface area contributed by atoms with E-state index in [-0.39, 0.29) is 17.0 Å².